The van der Waals surface area contributed by atoms with Gasteiger partial charge < -0.3 is 4.74 Å². The molecule has 0 aliphatic carbocycles. The number of halogens is 1. The van der Waals surface area contributed by atoms with E-state index in [4.69, 9.17) is 11.2 Å². The number of fused-ring (bicyclic) bond motifs is 1. The molecule has 4 nitrogen and oxygen atoms in total. The van der Waals surface area contributed by atoms with Gasteiger partial charge in [0.1, 0.15) is 18.2 Å². The number of hydrogen-bond donors (Lipinski definition) is 0. The molecule has 0 N–H and O–H groups in total. The molecule has 4 aromatic rings. The van der Waals surface area contributed by atoms with Crippen molar-refractivity contribution in [2.45, 2.75) is 19.8 Å². The summed E-state index contributed by atoms with van der Waals surface area (Å²) in [5.74, 6) is 2.49. The smallest absolute Gasteiger partial charge is 0.230 e. The van der Waals surface area contributed by atoms with Gasteiger partial charge in [0.05, 0.1) is 11.2 Å². The van der Waals surface area contributed by atoms with Crippen LogP contribution in [0.5, 0.6) is 5.75 Å². The summed E-state index contributed by atoms with van der Waals surface area (Å²) in [5.41, 5.74) is 3.40. The van der Waals surface area contributed by atoms with Gasteiger partial charge in [-0.1, -0.05) is 56.2 Å². The van der Waals surface area contributed by atoms with Gasteiger partial charge in [-0.15, -0.1) is 6.42 Å². The van der Waals surface area contributed by atoms with E-state index < -0.39 is 11.6 Å². The molecule has 0 amide bonds. The van der Waals surface area contributed by atoms with E-state index in [0.29, 0.717) is 22.9 Å². The zero-order chi connectivity index (χ0) is 22.7. The maximum absolute atomic E-state index is 13.7. The van der Waals surface area contributed by atoms with Crippen molar-refractivity contribution in [3.05, 3.63) is 89.5 Å². The third-order valence-electron chi connectivity index (χ3n) is 5.13. The van der Waals surface area contributed by atoms with Crippen LogP contribution in [-0.2, 0) is 0 Å². The van der Waals surface area contributed by atoms with E-state index in [1.807, 2.05) is 30.3 Å². The van der Waals surface area contributed by atoms with Gasteiger partial charge in [-0.2, -0.15) is 0 Å². The van der Waals surface area contributed by atoms with Crippen molar-refractivity contribution >= 4 is 16.7 Å². The van der Waals surface area contributed by atoms with E-state index in [9.17, 15) is 9.18 Å². The summed E-state index contributed by atoms with van der Waals surface area (Å²) in [6, 6.07) is 18.9. The predicted octanol–water partition coefficient (Wildman–Crippen LogP) is 5.80. The van der Waals surface area contributed by atoms with Gasteiger partial charge in [0, 0.05) is 16.5 Å². The van der Waals surface area contributed by atoms with Crippen LogP contribution < -0.4 is 4.74 Å². The first-order valence-corrected chi connectivity index (χ1v) is 10.2. The van der Waals surface area contributed by atoms with Crippen LogP contribution in [0.2, 0.25) is 0 Å². The lowest BCUT2D eigenvalue weighted by Crippen LogP contribution is -2.09. The normalized spacial score (nSPS) is 10.8. The average Bonchev–Trinajstić information content (AvgIpc) is 2.81. The van der Waals surface area contributed by atoms with Crippen LogP contribution in [0.15, 0.2) is 66.7 Å². The molecule has 4 rings (SSSR count). The number of aromatic nitrogens is 2. The Kier molecular flexibility index (Phi) is 5.96. The van der Waals surface area contributed by atoms with Gasteiger partial charge >= 0.3 is 0 Å². The van der Waals surface area contributed by atoms with Crippen LogP contribution >= 0.6 is 0 Å². The third kappa shape index (κ3) is 4.35. The van der Waals surface area contributed by atoms with Crippen molar-refractivity contribution in [2.24, 2.45) is 0 Å². The second-order valence-electron chi connectivity index (χ2n) is 7.68. The molecule has 0 atom stereocenters. The number of hydrogen-bond acceptors (Lipinski definition) is 4. The Morgan fingerprint density at radius 3 is 2.53 bits per heavy atom. The number of ether oxygens (including phenoxy) is 1. The minimum absolute atomic E-state index is 0.00308. The van der Waals surface area contributed by atoms with Crippen LogP contribution in [-0.4, -0.2) is 22.4 Å². The largest absolute Gasteiger partial charge is 0.481 e. The third-order valence-corrected chi connectivity index (χ3v) is 5.13. The Bertz CT molecular complexity index is 1340. The summed E-state index contributed by atoms with van der Waals surface area (Å²) in [4.78, 5) is 22.1. The van der Waals surface area contributed by atoms with Crippen LogP contribution in [0.1, 0.15) is 41.5 Å². The summed E-state index contributed by atoms with van der Waals surface area (Å²) in [5, 5.41) is 0.729. The second kappa shape index (κ2) is 8.99. The van der Waals surface area contributed by atoms with E-state index in [1.165, 1.54) is 23.8 Å². The number of nitrogens with zero attached hydrogens (tertiary/aromatic N) is 2. The highest BCUT2D eigenvalue weighted by molar-refractivity contribution is 6.08. The van der Waals surface area contributed by atoms with Crippen LogP contribution in [0, 0.1) is 18.2 Å². The average molecular weight is 424 g/mol. The van der Waals surface area contributed by atoms with Gasteiger partial charge in [-0.3, -0.25) is 4.79 Å². The van der Waals surface area contributed by atoms with Gasteiger partial charge in [-0.25, -0.2) is 14.4 Å². The lowest BCUT2D eigenvalue weighted by molar-refractivity contribution is 0.102. The summed E-state index contributed by atoms with van der Waals surface area (Å²) in [6.45, 7) is 4.39. The highest BCUT2D eigenvalue weighted by atomic mass is 19.1. The van der Waals surface area contributed by atoms with Crippen LogP contribution in [0.3, 0.4) is 0 Å². The molecule has 0 aliphatic heterocycles. The molecule has 0 aliphatic rings. The van der Waals surface area contributed by atoms with Crippen molar-refractivity contribution < 1.29 is 13.9 Å². The first kappa shape index (κ1) is 21.2. The number of benzene rings is 3. The van der Waals surface area contributed by atoms with E-state index >= 15 is 0 Å². The van der Waals surface area contributed by atoms with Crippen molar-refractivity contribution in [1.82, 2.24) is 9.97 Å². The summed E-state index contributed by atoms with van der Waals surface area (Å²) >= 11 is 0. The molecule has 0 bridgehead atoms. The molecule has 0 fully saturated rings. The first-order chi connectivity index (χ1) is 15.5. The molecule has 32 heavy (non-hydrogen) atoms. The van der Waals surface area contributed by atoms with E-state index in [1.54, 1.807) is 18.2 Å². The number of carbonyl (C=O) groups is 1. The monoisotopic (exact) mass is 424 g/mol. The molecule has 3 aromatic carbocycles. The maximum atomic E-state index is 13.7. The fourth-order valence-electron chi connectivity index (χ4n) is 3.43. The standard InChI is InChI=1S/C27H21FN2O2/c1-4-14-32-22-12-13-24-23(16-22)25(19-10-8-18(9-11-19)17(2)3)30-27(29-24)26(31)20-6-5-7-21(28)15-20/h1,5-13,15-17H,14H2,2-3H3. The molecular weight excluding hydrogens is 403 g/mol. The number of ketones is 1. The minimum Gasteiger partial charge on any atom is -0.481 e. The molecule has 1 heterocycles. The van der Waals surface area contributed by atoms with E-state index in [-0.39, 0.29) is 18.0 Å². The fourth-order valence-corrected chi connectivity index (χ4v) is 3.43. The van der Waals surface area contributed by atoms with Crippen LogP contribution in [0.25, 0.3) is 22.2 Å². The molecule has 1 aromatic heterocycles. The van der Waals surface area contributed by atoms with Gasteiger partial charge in [-0.05, 0) is 41.8 Å². The summed E-state index contributed by atoms with van der Waals surface area (Å²) < 4.78 is 19.2. The molecule has 0 saturated heterocycles. The van der Waals surface area contributed by atoms with Gasteiger partial charge in [0.15, 0.2) is 0 Å². The Labute approximate surface area is 186 Å². The van der Waals surface area contributed by atoms with Crippen molar-refractivity contribution in [3.8, 4) is 29.4 Å². The van der Waals surface area contributed by atoms with Gasteiger partial charge in [0.2, 0.25) is 11.6 Å². The number of carbonyl (C=O) groups excluding carboxylic acids is 1. The van der Waals surface area contributed by atoms with E-state index in [2.05, 4.69) is 29.7 Å². The Morgan fingerprint density at radius 2 is 1.84 bits per heavy atom. The van der Waals surface area contributed by atoms with Crippen molar-refractivity contribution in [3.63, 3.8) is 0 Å². The van der Waals surface area contributed by atoms with Crippen molar-refractivity contribution in [2.75, 3.05) is 6.61 Å². The molecular formula is C27H21FN2O2. The summed E-state index contributed by atoms with van der Waals surface area (Å²) in [6.07, 6.45) is 5.30. The van der Waals surface area contributed by atoms with Gasteiger partial charge in [0.25, 0.3) is 0 Å². The molecule has 0 radical (unpaired) electrons. The first-order valence-electron chi connectivity index (χ1n) is 10.2. The zero-order valence-electron chi connectivity index (χ0n) is 17.8. The lowest BCUT2D eigenvalue weighted by Gasteiger charge is -2.12. The molecule has 158 valence electrons. The summed E-state index contributed by atoms with van der Waals surface area (Å²) in [7, 11) is 0. The lowest BCUT2D eigenvalue weighted by atomic mass is 9.99. The van der Waals surface area contributed by atoms with Crippen LogP contribution in [0.4, 0.5) is 4.39 Å². The number of terminal acetylenes is 1. The Morgan fingerprint density at radius 1 is 1.06 bits per heavy atom. The second-order valence-corrected chi connectivity index (χ2v) is 7.68. The molecule has 5 heteroatoms. The highest BCUT2D eigenvalue weighted by Gasteiger charge is 2.18. The maximum Gasteiger partial charge on any atom is 0.230 e. The topological polar surface area (TPSA) is 52.1 Å². The predicted molar refractivity (Wildman–Crippen MR) is 123 cm³/mol. The highest BCUT2D eigenvalue weighted by Crippen LogP contribution is 2.30. The Hall–Kier alpha value is -4.04. The van der Waals surface area contributed by atoms with Crippen molar-refractivity contribution in [1.29, 1.82) is 0 Å². The molecule has 0 unspecified atom stereocenters. The Balaban J connectivity index is 1.88. The molecule has 0 spiro atoms. The fraction of sp³-hybridized carbons (Fsp3) is 0.148. The molecule has 0 saturated carbocycles. The number of rotatable bonds is 6. The quantitative estimate of drug-likeness (QED) is 0.290. The minimum atomic E-state index is -0.489. The van der Waals surface area contributed by atoms with E-state index in [0.717, 1.165) is 10.9 Å². The SMILES string of the molecule is C#CCOc1ccc2nc(C(=O)c3cccc(F)c3)nc(-c3ccc(C(C)C)cc3)c2c1. The zero-order valence-corrected chi connectivity index (χ0v) is 17.8.